The lowest BCUT2D eigenvalue weighted by Crippen LogP contribution is -2.33. The molecule has 0 aromatic heterocycles. The first-order valence-corrected chi connectivity index (χ1v) is 35.0. The fraction of sp³-hybridized carbons (Fsp3) is 0.368. The van der Waals surface area contributed by atoms with Gasteiger partial charge in [-0.3, -0.25) is 0 Å². The van der Waals surface area contributed by atoms with E-state index in [-0.39, 0.29) is 98.2 Å². The molecule has 0 aliphatic heterocycles. The molecule has 8 unspecified atom stereocenters. The molecule has 88 heavy (non-hydrogen) atoms. The highest BCUT2D eigenvalue weighted by molar-refractivity contribution is 7.91. The maximum atomic E-state index is 14.0. The molecule has 0 amide bonds. The summed E-state index contributed by atoms with van der Waals surface area (Å²) in [5, 5.41) is 19.8. The van der Waals surface area contributed by atoms with Gasteiger partial charge in [-0.05, 0) is 57.3 Å². The molecule has 0 radical (unpaired) electrons. The van der Waals surface area contributed by atoms with Crippen molar-refractivity contribution >= 4 is 19.7 Å². The second kappa shape index (κ2) is 33.1. The highest BCUT2D eigenvalue weighted by Crippen LogP contribution is 2.45. The molecule has 8 atom stereocenters. The largest absolute Gasteiger partial charge is 0.490 e. The van der Waals surface area contributed by atoms with Crippen LogP contribution in [-0.4, -0.2) is 102 Å². The van der Waals surface area contributed by atoms with Gasteiger partial charge in [0.1, 0.15) is 36.9 Å². The quantitative estimate of drug-likeness (QED) is 0.0368. The molecule has 8 rings (SSSR count). The van der Waals surface area contributed by atoms with Gasteiger partial charge in [0.15, 0.2) is 19.7 Å². The molecule has 0 saturated heterocycles. The molecule has 10 nitrogen and oxygen atoms in total. The van der Waals surface area contributed by atoms with Crippen molar-refractivity contribution in [2.24, 2.45) is 0 Å². The summed E-state index contributed by atoms with van der Waals surface area (Å²) in [7, 11) is -7.39. The van der Waals surface area contributed by atoms with Crippen LogP contribution in [0.1, 0.15) is 169 Å². The summed E-state index contributed by atoms with van der Waals surface area (Å²) in [6.07, 6.45) is -0.0904. The summed E-state index contributed by atoms with van der Waals surface area (Å²) in [4.78, 5) is 0. The van der Waals surface area contributed by atoms with Gasteiger partial charge in [-0.15, -0.1) is 0 Å². The van der Waals surface area contributed by atoms with E-state index < -0.39 is 31.9 Å². The van der Waals surface area contributed by atoms with Crippen LogP contribution >= 0.6 is 0 Å². The highest BCUT2D eigenvalue weighted by atomic mass is 32.2. The Morgan fingerprint density at radius 3 is 0.807 bits per heavy atom. The molecule has 0 heterocycles. The normalized spacial score (nSPS) is 14.7. The van der Waals surface area contributed by atoms with E-state index in [9.17, 15) is 27.0 Å². The molecule has 466 valence electrons. The zero-order valence-corrected chi connectivity index (χ0v) is 53.8. The molecule has 8 aromatic rings. The van der Waals surface area contributed by atoms with Gasteiger partial charge in [0.25, 0.3) is 0 Å². The van der Waals surface area contributed by atoms with Gasteiger partial charge in [-0.2, -0.15) is 0 Å². The molecular weight excluding hydrogens is 1140 g/mol. The Morgan fingerprint density at radius 2 is 0.568 bits per heavy atom. The molecule has 2 N–H and O–H groups in total. The number of sulfone groups is 2. The van der Waals surface area contributed by atoms with Crippen molar-refractivity contribution in [2.75, 3.05) is 62.7 Å². The van der Waals surface area contributed by atoms with Crippen molar-refractivity contribution in [2.45, 2.75) is 115 Å². The molecule has 0 aliphatic carbocycles. The maximum Gasteiger partial charge on any atom is 0.152 e. The fourth-order valence-corrected chi connectivity index (χ4v) is 15.0. The number of rotatable bonds is 35. The molecular formula is C76H90O10S2. The summed E-state index contributed by atoms with van der Waals surface area (Å²) in [5.41, 5.74) is 13.0. The molecule has 8 aromatic carbocycles. The average molecular weight is 1230 g/mol. The fourth-order valence-electron chi connectivity index (χ4n) is 11.9. The lowest BCUT2D eigenvalue weighted by atomic mass is 9.81. The molecule has 0 saturated carbocycles. The summed E-state index contributed by atoms with van der Waals surface area (Å²) >= 11 is 0. The van der Waals surface area contributed by atoms with Crippen LogP contribution in [0.15, 0.2) is 206 Å². The predicted molar refractivity (Wildman–Crippen MR) is 357 cm³/mol. The maximum absolute atomic E-state index is 14.0. The third-order valence-electron chi connectivity index (χ3n) is 17.3. The van der Waals surface area contributed by atoms with Crippen molar-refractivity contribution in [3.8, 4) is 11.5 Å². The second-order valence-electron chi connectivity index (χ2n) is 23.5. The van der Waals surface area contributed by atoms with Crippen molar-refractivity contribution < 1.29 is 46.0 Å². The van der Waals surface area contributed by atoms with Gasteiger partial charge >= 0.3 is 0 Å². The first-order valence-electron chi connectivity index (χ1n) is 31.3. The number of hydrogen-bond acceptors (Lipinski definition) is 10. The van der Waals surface area contributed by atoms with Crippen molar-refractivity contribution in [3.63, 3.8) is 0 Å². The molecule has 0 aliphatic rings. The number of hydrogen-bond donors (Lipinski definition) is 2. The van der Waals surface area contributed by atoms with Crippen molar-refractivity contribution in [1.29, 1.82) is 0 Å². The van der Waals surface area contributed by atoms with Crippen LogP contribution in [-0.2, 0) is 29.1 Å². The lowest BCUT2D eigenvalue weighted by molar-refractivity contribution is 0.0146. The Kier molecular flexibility index (Phi) is 25.2. The van der Waals surface area contributed by atoms with E-state index in [0.29, 0.717) is 37.2 Å². The Labute approximate surface area is 524 Å². The lowest BCUT2D eigenvalue weighted by Gasteiger charge is -2.28. The highest BCUT2D eigenvalue weighted by Gasteiger charge is 2.30. The van der Waals surface area contributed by atoms with Gasteiger partial charge in [-0.25, -0.2) is 16.8 Å². The SMILES string of the molecule is CC(c1ccccc1)c1cc(C(C)c2ccccc2)c(OCC(CS(=O)(=O)CCCCCCS(=O)(=O)CC(COc2c(C(C)c3ccccc3)cc(C(C)c3ccccc3)cc2C(C)c2ccccc2)OCCO)OCCO)c(C(C)c2ccccc2)c1. The third kappa shape index (κ3) is 18.8. The van der Waals surface area contributed by atoms with Gasteiger partial charge < -0.3 is 29.2 Å². The van der Waals surface area contributed by atoms with Gasteiger partial charge in [-0.1, -0.05) is 261 Å². The molecule has 0 bridgehead atoms. The molecule has 0 fully saturated rings. The minimum absolute atomic E-state index is 0.0608. The van der Waals surface area contributed by atoms with Gasteiger partial charge in [0, 0.05) is 57.8 Å². The molecule has 0 spiro atoms. The second-order valence-corrected chi connectivity index (χ2v) is 28.0. The number of benzene rings is 8. The number of ether oxygens (including phenoxy) is 4. The topological polar surface area (TPSA) is 146 Å². The molecule has 12 heteroatoms. The number of aliphatic hydroxyl groups excluding tert-OH is 2. The minimum Gasteiger partial charge on any atom is -0.490 e. The number of unbranched alkanes of at least 4 members (excludes halogenated alkanes) is 3. The van der Waals surface area contributed by atoms with Crippen LogP contribution < -0.4 is 9.47 Å². The summed E-state index contributed by atoms with van der Waals surface area (Å²) in [5.74, 6) is 0.317. The van der Waals surface area contributed by atoms with Gasteiger partial charge in [0.2, 0.25) is 0 Å². The zero-order valence-electron chi connectivity index (χ0n) is 52.1. The van der Waals surface area contributed by atoms with Gasteiger partial charge in [0.05, 0.1) is 49.4 Å². The van der Waals surface area contributed by atoms with Crippen LogP contribution in [0, 0.1) is 0 Å². The summed E-state index contributed by atoms with van der Waals surface area (Å²) in [6.45, 7) is 12.3. The van der Waals surface area contributed by atoms with E-state index in [0.717, 1.165) is 55.6 Å². The van der Waals surface area contributed by atoms with Crippen molar-refractivity contribution in [3.05, 3.63) is 273 Å². The predicted octanol–water partition coefficient (Wildman–Crippen LogP) is 15.2. The monoisotopic (exact) mass is 1230 g/mol. The van der Waals surface area contributed by atoms with Crippen molar-refractivity contribution in [1.82, 2.24) is 0 Å². The summed E-state index contributed by atoms with van der Waals surface area (Å²) in [6, 6.07) is 71.0. The van der Waals surface area contributed by atoms with E-state index in [1.165, 1.54) is 11.1 Å². The van der Waals surface area contributed by atoms with E-state index >= 15 is 0 Å². The minimum atomic E-state index is -3.70. The van der Waals surface area contributed by atoms with Crippen LogP contribution in [0.25, 0.3) is 0 Å². The smallest absolute Gasteiger partial charge is 0.152 e. The average Bonchev–Trinajstić information content (AvgIpc) is 3.34. The first kappa shape index (κ1) is 67.0. The van der Waals surface area contributed by atoms with Crippen LogP contribution in [0.2, 0.25) is 0 Å². The van der Waals surface area contributed by atoms with E-state index in [2.05, 4.69) is 163 Å². The zero-order chi connectivity index (χ0) is 62.5. The van der Waals surface area contributed by atoms with E-state index in [1.54, 1.807) is 0 Å². The van der Waals surface area contributed by atoms with E-state index in [1.807, 2.05) is 84.9 Å². The number of aliphatic hydroxyl groups is 2. The van der Waals surface area contributed by atoms with Crippen LogP contribution in [0.5, 0.6) is 11.5 Å². The van der Waals surface area contributed by atoms with Crippen LogP contribution in [0.3, 0.4) is 0 Å². The Balaban J connectivity index is 0.935. The van der Waals surface area contributed by atoms with E-state index in [4.69, 9.17) is 18.9 Å². The third-order valence-corrected chi connectivity index (χ3v) is 20.8. The summed E-state index contributed by atoms with van der Waals surface area (Å²) < 4.78 is 81.9. The Hall–Kier alpha value is -6.90. The first-order chi connectivity index (χ1) is 42.6. The Bertz CT molecular complexity index is 3220. The van der Waals surface area contributed by atoms with Crippen LogP contribution in [0.4, 0.5) is 0 Å². The standard InChI is InChI=1S/C76H90O10S2/c1-55(61-29-15-9-16-30-61)67-47-71(57(3)63-33-19-11-20-34-63)75(72(48-67)58(4)64-35-21-12-22-36-64)85-51-69(83-43-41-77)53-87(79,80)45-27-7-8-28-46-88(81,82)54-70(84-44-42-78)52-86-76-73(59(5)65-37-23-13-24-38-65)49-68(56(2)62-31-17-10-18-32-62)50-74(76)60(6)66-39-25-14-26-40-66/h9-26,29-40,47-50,55-60,69-70,77-78H,7-8,27-28,41-46,51-54H2,1-6H3. The Morgan fingerprint density at radius 1 is 0.330 bits per heavy atom.